The Morgan fingerprint density at radius 2 is 1.94 bits per heavy atom. The molecule has 1 aromatic rings. The lowest BCUT2D eigenvalue weighted by Gasteiger charge is -2.31. The van der Waals surface area contributed by atoms with E-state index in [1.54, 1.807) is 13.2 Å². The van der Waals surface area contributed by atoms with Crippen LogP contribution in [0.25, 0.3) is 0 Å². The van der Waals surface area contributed by atoms with Crippen LogP contribution >= 0.6 is 0 Å². The SMILES string of the molecule is COC1CCN(Cc2cc(F)cc(CN)c2)CC1. The molecular weight excluding hydrogens is 231 g/mol. The average molecular weight is 252 g/mol. The van der Waals surface area contributed by atoms with Crippen LogP contribution in [-0.2, 0) is 17.8 Å². The molecule has 0 aliphatic carbocycles. The number of nitrogens with two attached hydrogens (primary N) is 1. The first-order valence-corrected chi connectivity index (χ1v) is 6.45. The van der Waals surface area contributed by atoms with Crippen molar-refractivity contribution in [2.75, 3.05) is 20.2 Å². The van der Waals surface area contributed by atoms with Gasteiger partial charge in [0.2, 0.25) is 0 Å². The lowest BCUT2D eigenvalue weighted by atomic mass is 10.1. The Kier molecular flexibility index (Phi) is 4.69. The fraction of sp³-hybridized carbons (Fsp3) is 0.571. The second kappa shape index (κ2) is 6.27. The zero-order chi connectivity index (χ0) is 13.0. The summed E-state index contributed by atoms with van der Waals surface area (Å²) in [6.45, 7) is 3.19. The predicted molar refractivity (Wildman–Crippen MR) is 69.6 cm³/mol. The monoisotopic (exact) mass is 252 g/mol. The van der Waals surface area contributed by atoms with Gasteiger partial charge in [-0.25, -0.2) is 4.39 Å². The molecule has 18 heavy (non-hydrogen) atoms. The number of nitrogens with zero attached hydrogens (tertiary/aromatic N) is 1. The van der Waals surface area contributed by atoms with Crippen molar-refractivity contribution in [2.24, 2.45) is 5.73 Å². The van der Waals surface area contributed by atoms with Gasteiger partial charge in [-0.05, 0) is 36.1 Å². The standard InChI is InChI=1S/C14H21FN2O/c1-18-14-2-4-17(5-3-14)10-12-6-11(9-16)7-13(15)8-12/h6-8,14H,2-5,9-10,16H2,1H3. The van der Waals surface area contributed by atoms with Crippen molar-refractivity contribution in [3.63, 3.8) is 0 Å². The van der Waals surface area contributed by atoms with Gasteiger partial charge in [0, 0.05) is 33.3 Å². The van der Waals surface area contributed by atoms with Crippen LogP contribution in [0, 0.1) is 5.82 Å². The average Bonchev–Trinajstić information content (AvgIpc) is 2.39. The Balaban J connectivity index is 1.95. The maximum absolute atomic E-state index is 13.4. The molecule has 0 radical (unpaired) electrons. The Labute approximate surface area is 108 Å². The summed E-state index contributed by atoms with van der Waals surface area (Å²) >= 11 is 0. The van der Waals surface area contributed by atoms with Gasteiger partial charge in [0.05, 0.1) is 6.10 Å². The third-order valence-electron chi connectivity index (χ3n) is 3.53. The van der Waals surface area contributed by atoms with Crippen LogP contribution in [0.3, 0.4) is 0 Å². The first kappa shape index (κ1) is 13.5. The highest BCUT2D eigenvalue weighted by Gasteiger charge is 2.18. The van der Waals surface area contributed by atoms with E-state index in [9.17, 15) is 4.39 Å². The van der Waals surface area contributed by atoms with Crippen molar-refractivity contribution in [2.45, 2.75) is 32.0 Å². The molecule has 0 amide bonds. The summed E-state index contributed by atoms with van der Waals surface area (Å²) < 4.78 is 18.7. The smallest absolute Gasteiger partial charge is 0.123 e. The van der Waals surface area contributed by atoms with Gasteiger partial charge in [0.15, 0.2) is 0 Å². The van der Waals surface area contributed by atoms with Gasteiger partial charge >= 0.3 is 0 Å². The van der Waals surface area contributed by atoms with Gasteiger partial charge in [0.1, 0.15) is 5.82 Å². The van der Waals surface area contributed by atoms with Crippen LogP contribution < -0.4 is 5.73 Å². The van der Waals surface area contributed by atoms with Crippen molar-refractivity contribution in [1.29, 1.82) is 0 Å². The number of benzene rings is 1. The maximum Gasteiger partial charge on any atom is 0.123 e. The van der Waals surface area contributed by atoms with E-state index in [0.717, 1.165) is 43.6 Å². The molecular formula is C14H21FN2O. The second-order valence-electron chi connectivity index (χ2n) is 4.88. The molecule has 0 unspecified atom stereocenters. The molecule has 2 N–H and O–H groups in total. The molecule has 1 saturated heterocycles. The van der Waals surface area contributed by atoms with Gasteiger partial charge < -0.3 is 10.5 Å². The quantitative estimate of drug-likeness (QED) is 0.889. The van der Waals surface area contributed by atoms with Crippen molar-refractivity contribution in [3.8, 4) is 0 Å². The molecule has 4 heteroatoms. The summed E-state index contributed by atoms with van der Waals surface area (Å²) in [5.74, 6) is -0.195. The highest BCUT2D eigenvalue weighted by Crippen LogP contribution is 2.17. The minimum absolute atomic E-state index is 0.195. The van der Waals surface area contributed by atoms with Crippen molar-refractivity contribution < 1.29 is 9.13 Å². The van der Waals surface area contributed by atoms with Crippen LogP contribution in [0.15, 0.2) is 18.2 Å². The molecule has 1 aromatic carbocycles. The Morgan fingerprint density at radius 1 is 1.28 bits per heavy atom. The van der Waals surface area contributed by atoms with Gasteiger partial charge in [-0.3, -0.25) is 4.90 Å². The lowest BCUT2D eigenvalue weighted by molar-refractivity contribution is 0.0388. The first-order valence-electron chi connectivity index (χ1n) is 6.45. The fourth-order valence-corrected chi connectivity index (χ4v) is 2.49. The van der Waals surface area contributed by atoms with Crippen LogP contribution in [0.5, 0.6) is 0 Å². The molecule has 100 valence electrons. The third-order valence-corrected chi connectivity index (χ3v) is 3.53. The van der Waals surface area contributed by atoms with Crippen LogP contribution in [0.4, 0.5) is 4.39 Å². The summed E-state index contributed by atoms with van der Waals surface area (Å²) in [6.07, 6.45) is 2.49. The number of hydrogen-bond donors (Lipinski definition) is 1. The van der Waals surface area contributed by atoms with Gasteiger partial charge in [0.25, 0.3) is 0 Å². The zero-order valence-electron chi connectivity index (χ0n) is 10.9. The number of rotatable bonds is 4. The van der Waals surface area contributed by atoms with Gasteiger partial charge in [-0.2, -0.15) is 0 Å². The number of methoxy groups -OCH3 is 1. The molecule has 0 spiro atoms. The zero-order valence-corrected chi connectivity index (χ0v) is 10.9. The van der Waals surface area contributed by atoms with Crippen LogP contribution in [0.2, 0.25) is 0 Å². The highest BCUT2D eigenvalue weighted by molar-refractivity contribution is 5.24. The molecule has 1 fully saturated rings. The highest BCUT2D eigenvalue weighted by atomic mass is 19.1. The second-order valence-corrected chi connectivity index (χ2v) is 4.88. The third kappa shape index (κ3) is 3.51. The Morgan fingerprint density at radius 3 is 2.56 bits per heavy atom. The number of likely N-dealkylation sites (tertiary alicyclic amines) is 1. The molecule has 0 saturated carbocycles. The summed E-state index contributed by atoms with van der Waals surface area (Å²) in [5.41, 5.74) is 7.42. The normalized spacial score (nSPS) is 18.2. The van der Waals surface area contributed by atoms with E-state index in [0.29, 0.717) is 12.6 Å². The van der Waals surface area contributed by atoms with Crippen LogP contribution in [0.1, 0.15) is 24.0 Å². The van der Waals surface area contributed by atoms with Crippen molar-refractivity contribution in [3.05, 3.63) is 35.1 Å². The number of piperidine rings is 1. The minimum Gasteiger partial charge on any atom is -0.381 e. The number of hydrogen-bond acceptors (Lipinski definition) is 3. The van der Waals surface area contributed by atoms with Crippen molar-refractivity contribution >= 4 is 0 Å². The number of ether oxygens (including phenoxy) is 1. The molecule has 0 atom stereocenters. The summed E-state index contributed by atoms with van der Waals surface area (Å²) in [7, 11) is 1.76. The van der Waals surface area contributed by atoms with Gasteiger partial charge in [-0.1, -0.05) is 6.07 Å². The van der Waals surface area contributed by atoms with E-state index < -0.39 is 0 Å². The fourth-order valence-electron chi connectivity index (χ4n) is 2.49. The maximum atomic E-state index is 13.4. The van der Waals surface area contributed by atoms with E-state index in [1.165, 1.54) is 6.07 Å². The van der Waals surface area contributed by atoms with E-state index >= 15 is 0 Å². The molecule has 0 bridgehead atoms. The molecule has 1 heterocycles. The summed E-state index contributed by atoms with van der Waals surface area (Å²) in [5, 5.41) is 0. The van der Waals surface area contributed by atoms with Gasteiger partial charge in [-0.15, -0.1) is 0 Å². The van der Waals surface area contributed by atoms with E-state index in [-0.39, 0.29) is 5.82 Å². The molecule has 1 aliphatic heterocycles. The Bertz CT molecular complexity index is 389. The topological polar surface area (TPSA) is 38.5 Å². The van der Waals surface area contributed by atoms with Crippen LogP contribution in [-0.4, -0.2) is 31.2 Å². The number of halogens is 1. The van der Waals surface area contributed by atoms with E-state index in [4.69, 9.17) is 10.5 Å². The Hall–Kier alpha value is -0.970. The molecule has 2 rings (SSSR count). The lowest BCUT2D eigenvalue weighted by Crippen LogP contribution is -2.36. The molecule has 3 nitrogen and oxygen atoms in total. The van der Waals surface area contributed by atoms with Crippen molar-refractivity contribution in [1.82, 2.24) is 4.90 Å². The summed E-state index contributed by atoms with van der Waals surface area (Å²) in [4.78, 5) is 2.34. The van der Waals surface area contributed by atoms with E-state index in [1.807, 2.05) is 6.07 Å². The first-order chi connectivity index (χ1) is 8.71. The predicted octanol–water partition coefficient (Wildman–Crippen LogP) is 1.90. The largest absolute Gasteiger partial charge is 0.381 e. The summed E-state index contributed by atoms with van der Waals surface area (Å²) in [6, 6.07) is 5.09. The molecule has 1 aliphatic rings. The molecule has 0 aromatic heterocycles. The minimum atomic E-state index is -0.195. The van der Waals surface area contributed by atoms with E-state index in [2.05, 4.69) is 4.90 Å².